The molecule has 40 heavy (non-hydrogen) atoms. The van der Waals surface area contributed by atoms with Crippen LogP contribution in [0, 0.1) is 6.92 Å². The van der Waals surface area contributed by atoms with E-state index < -0.39 is 30.3 Å². The SMILES string of the molecule is CCOC(=O)[C@@H]1CC[C@@H](Nc2cc(C)c(-c3ccc(OC(F)F)cc3OCOC)nn2)CN1C(=O)OC(C)(C)C. The van der Waals surface area contributed by atoms with Gasteiger partial charge in [-0.15, -0.1) is 10.2 Å². The lowest BCUT2D eigenvalue weighted by Gasteiger charge is -2.39. The van der Waals surface area contributed by atoms with E-state index >= 15 is 0 Å². The van der Waals surface area contributed by atoms with E-state index in [1.165, 1.54) is 24.1 Å². The van der Waals surface area contributed by atoms with Crippen LogP contribution in [0.15, 0.2) is 24.3 Å². The third-order valence-corrected chi connectivity index (χ3v) is 5.87. The number of aromatic nitrogens is 2. The summed E-state index contributed by atoms with van der Waals surface area (Å²) in [5.74, 6) is 0.162. The summed E-state index contributed by atoms with van der Waals surface area (Å²) in [6.45, 7) is 6.13. The van der Waals surface area contributed by atoms with Gasteiger partial charge in [0.05, 0.1) is 12.3 Å². The van der Waals surface area contributed by atoms with Crippen molar-refractivity contribution in [1.29, 1.82) is 0 Å². The van der Waals surface area contributed by atoms with E-state index in [0.717, 1.165) is 5.56 Å². The lowest BCUT2D eigenvalue weighted by molar-refractivity contribution is -0.150. The molecular weight excluding hydrogens is 530 g/mol. The quantitative estimate of drug-likeness (QED) is 0.318. The topological polar surface area (TPSA) is 121 Å². The van der Waals surface area contributed by atoms with Crippen molar-refractivity contribution in [3.8, 4) is 22.8 Å². The van der Waals surface area contributed by atoms with Crippen molar-refractivity contribution in [3.05, 3.63) is 29.8 Å². The number of hydrogen-bond acceptors (Lipinski definition) is 10. The number of halogens is 2. The monoisotopic (exact) mass is 566 g/mol. The molecule has 1 N–H and O–H groups in total. The average Bonchev–Trinajstić information content (AvgIpc) is 2.87. The van der Waals surface area contributed by atoms with Crippen LogP contribution in [0.25, 0.3) is 11.3 Å². The average molecular weight is 567 g/mol. The molecule has 2 aromatic rings. The zero-order valence-corrected chi connectivity index (χ0v) is 23.5. The van der Waals surface area contributed by atoms with E-state index in [4.69, 9.17) is 18.9 Å². The Balaban J connectivity index is 1.80. The summed E-state index contributed by atoms with van der Waals surface area (Å²) < 4.78 is 51.1. The van der Waals surface area contributed by atoms with E-state index in [-0.39, 0.29) is 37.5 Å². The number of carbonyl (C=O) groups excluding carboxylic acids is 2. The standard InChI is InChI=1S/C27H36F2N4O7/c1-7-37-24(34)20-11-8-17(14-33(20)26(35)40-27(3,4)5)30-22-12-16(2)23(32-31-22)19-10-9-18(39-25(28)29)13-21(19)38-15-36-6/h9-10,12-13,17,20,25H,7-8,11,14-15H2,1-6H3,(H,30,31)/t17-,20+/m1/s1. The van der Waals surface area contributed by atoms with Crippen molar-refractivity contribution in [3.63, 3.8) is 0 Å². The number of esters is 1. The minimum absolute atomic E-state index is 0.0679. The van der Waals surface area contributed by atoms with Gasteiger partial charge in [-0.2, -0.15) is 8.78 Å². The molecule has 1 aliphatic rings. The van der Waals surface area contributed by atoms with Crippen LogP contribution in [0.1, 0.15) is 46.1 Å². The van der Waals surface area contributed by atoms with Gasteiger partial charge in [0.15, 0.2) is 6.79 Å². The molecule has 13 heteroatoms. The van der Waals surface area contributed by atoms with Gasteiger partial charge in [0.1, 0.15) is 29.0 Å². The fraction of sp³-hybridized carbons (Fsp3) is 0.556. The Bertz CT molecular complexity index is 1180. The van der Waals surface area contributed by atoms with Crippen molar-refractivity contribution in [2.24, 2.45) is 0 Å². The van der Waals surface area contributed by atoms with Gasteiger partial charge < -0.3 is 29.0 Å². The van der Waals surface area contributed by atoms with Crippen LogP contribution in [-0.2, 0) is 19.0 Å². The number of piperidine rings is 1. The number of nitrogens with one attached hydrogen (secondary N) is 1. The van der Waals surface area contributed by atoms with Crippen LogP contribution >= 0.6 is 0 Å². The number of anilines is 1. The molecule has 2 atom stereocenters. The Kier molecular flexibility index (Phi) is 10.4. The van der Waals surface area contributed by atoms with Crippen molar-refractivity contribution in [2.75, 3.05) is 32.4 Å². The predicted octanol–water partition coefficient (Wildman–Crippen LogP) is 4.78. The maximum Gasteiger partial charge on any atom is 0.411 e. The Morgan fingerprint density at radius 2 is 1.93 bits per heavy atom. The minimum atomic E-state index is -2.98. The lowest BCUT2D eigenvalue weighted by atomic mass is 9.98. The molecule has 1 saturated heterocycles. The highest BCUT2D eigenvalue weighted by molar-refractivity contribution is 5.82. The van der Waals surface area contributed by atoms with Gasteiger partial charge in [-0.3, -0.25) is 4.90 Å². The van der Waals surface area contributed by atoms with Crippen LogP contribution in [0.2, 0.25) is 0 Å². The highest BCUT2D eigenvalue weighted by atomic mass is 19.3. The van der Waals surface area contributed by atoms with E-state index in [1.807, 2.05) is 6.92 Å². The summed E-state index contributed by atoms with van der Waals surface area (Å²) in [6.07, 6.45) is 0.358. The van der Waals surface area contributed by atoms with Crippen molar-refractivity contribution >= 4 is 17.9 Å². The number of hydrogen-bond donors (Lipinski definition) is 1. The number of alkyl halides is 2. The Morgan fingerprint density at radius 3 is 2.55 bits per heavy atom. The second kappa shape index (κ2) is 13.6. The number of amides is 1. The summed E-state index contributed by atoms with van der Waals surface area (Å²) in [5, 5.41) is 11.9. The van der Waals surface area contributed by atoms with Gasteiger partial charge in [0.2, 0.25) is 0 Å². The number of benzene rings is 1. The highest BCUT2D eigenvalue weighted by Gasteiger charge is 2.39. The number of likely N-dealkylation sites (tertiary alicyclic amines) is 1. The van der Waals surface area contributed by atoms with Gasteiger partial charge in [-0.25, -0.2) is 9.59 Å². The van der Waals surface area contributed by atoms with Crippen LogP contribution in [0.5, 0.6) is 11.5 Å². The molecule has 1 aromatic heterocycles. The molecule has 1 aliphatic heterocycles. The first kappa shape index (κ1) is 30.8. The van der Waals surface area contributed by atoms with E-state index in [0.29, 0.717) is 29.9 Å². The summed E-state index contributed by atoms with van der Waals surface area (Å²) in [6, 6.07) is 5.08. The molecule has 0 spiro atoms. The second-order valence-electron chi connectivity index (χ2n) is 10.2. The normalized spacial score (nSPS) is 17.4. The van der Waals surface area contributed by atoms with Gasteiger partial charge in [0.25, 0.3) is 0 Å². The first-order valence-electron chi connectivity index (χ1n) is 12.9. The number of nitrogens with zero attached hydrogens (tertiary/aromatic N) is 3. The summed E-state index contributed by atoms with van der Waals surface area (Å²) in [7, 11) is 1.44. The molecule has 0 radical (unpaired) electrons. The Hall–Kier alpha value is -3.74. The van der Waals surface area contributed by atoms with E-state index in [1.54, 1.807) is 39.8 Å². The number of aryl methyl sites for hydroxylation is 1. The molecule has 11 nitrogen and oxygen atoms in total. The van der Waals surface area contributed by atoms with Crippen LogP contribution in [0.4, 0.5) is 19.4 Å². The molecule has 2 heterocycles. The fourth-order valence-electron chi connectivity index (χ4n) is 4.24. The van der Waals surface area contributed by atoms with Gasteiger partial charge in [0, 0.05) is 31.3 Å². The van der Waals surface area contributed by atoms with Crippen molar-refractivity contribution in [1.82, 2.24) is 15.1 Å². The molecular formula is C27H36F2N4O7. The second-order valence-corrected chi connectivity index (χ2v) is 10.2. The van der Waals surface area contributed by atoms with Crippen LogP contribution in [0.3, 0.4) is 0 Å². The third-order valence-electron chi connectivity index (χ3n) is 5.87. The first-order chi connectivity index (χ1) is 18.9. The fourth-order valence-corrected chi connectivity index (χ4v) is 4.24. The molecule has 0 unspecified atom stereocenters. The van der Waals surface area contributed by atoms with Crippen molar-refractivity contribution < 1.29 is 42.1 Å². The van der Waals surface area contributed by atoms with E-state index in [2.05, 4.69) is 20.3 Å². The highest BCUT2D eigenvalue weighted by Crippen LogP contribution is 2.35. The third kappa shape index (κ3) is 8.38. The zero-order valence-electron chi connectivity index (χ0n) is 23.5. The Morgan fingerprint density at radius 1 is 1.18 bits per heavy atom. The smallest absolute Gasteiger partial charge is 0.411 e. The molecule has 0 bridgehead atoms. The van der Waals surface area contributed by atoms with Crippen LogP contribution in [-0.4, -0.2) is 78.5 Å². The molecule has 0 saturated carbocycles. The number of carbonyl (C=O) groups is 2. The molecule has 3 rings (SSSR count). The molecule has 220 valence electrons. The molecule has 0 aliphatic carbocycles. The number of rotatable bonds is 10. The molecule has 1 fully saturated rings. The maximum absolute atomic E-state index is 12.9. The minimum Gasteiger partial charge on any atom is -0.467 e. The largest absolute Gasteiger partial charge is 0.467 e. The first-order valence-corrected chi connectivity index (χ1v) is 12.9. The summed E-state index contributed by atoms with van der Waals surface area (Å²) in [5.41, 5.74) is 0.986. The Labute approximate surface area is 232 Å². The summed E-state index contributed by atoms with van der Waals surface area (Å²) >= 11 is 0. The maximum atomic E-state index is 12.9. The van der Waals surface area contributed by atoms with Gasteiger partial charge in [-0.05, 0) is 71.2 Å². The van der Waals surface area contributed by atoms with Gasteiger partial charge in [-0.1, -0.05) is 0 Å². The number of ether oxygens (including phenoxy) is 5. The summed E-state index contributed by atoms with van der Waals surface area (Å²) in [4.78, 5) is 26.9. The lowest BCUT2D eigenvalue weighted by Crippen LogP contribution is -2.55. The zero-order chi connectivity index (χ0) is 29.4. The van der Waals surface area contributed by atoms with Gasteiger partial charge >= 0.3 is 18.7 Å². The predicted molar refractivity (Wildman–Crippen MR) is 141 cm³/mol. The number of methoxy groups -OCH3 is 1. The van der Waals surface area contributed by atoms with E-state index in [9.17, 15) is 18.4 Å². The molecule has 1 amide bonds. The van der Waals surface area contributed by atoms with Crippen LogP contribution < -0.4 is 14.8 Å². The van der Waals surface area contributed by atoms with Crippen molar-refractivity contribution in [2.45, 2.75) is 71.8 Å². The molecule has 1 aromatic carbocycles.